The van der Waals surface area contributed by atoms with E-state index < -0.39 is 11.7 Å². The number of fused-ring (bicyclic) bond motifs is 5. The average molecular weight is 533 g/mol. The van der Waals surface area contributed by atoms with Gasteiger partial charge in [0, 0.05) is 25.0 Å². The summed E-state index contributed by atoms with van der Waals surface area (Å²) in [5.41, 5.74) is 0.393. The fourth-order valence-corrected chi connectivity index (χ4v) is 10.5. The highest BCUT2D eigenvalue weighted by Crippen LogP contribution is 2.70. The zero-order chi connectivity index (χ0) is 27.0. The van der Waals surface area contributed by atoms with E-state index in [4.69, 9.17) is 18.9 Å². The van der Waals surface area contributed by atoms with Crippen molar-refractivity contribution in [2.75, 3.05) is 13.7 Å². The average Bonchev–Trinajstić information content (AvgIpc) is 3.42. The van der Waals surface area contributed by atoms with Gasteiger partial charge in [0.15, 0.2) is 6.29 Å². The normalized spacial score (nSPS) is 54.5. The van der Waals surface area contributed by atoms with Gasteiger partial charge in [0.05, 0.1) is 23.9 Å². The molecule has 0 aromatic heterocycles. The third-order valence-corrected chi connectivity index (χ3v) is 12.8. The van der Waals surface area contributed by atoms with Crippen molar-refractivity contribution in [1.82, 2.24) is 0 Å². The number of carbonyl (C=O) groups excluding carboxylic acids is 1. The molecule has 2 heterocycles. The Balaban J connectivity index is 1.18. The van der Waals surface area contributed by atoms with Gasteiger partial charge in [-0.2, -0.15) is 0 Å². The summed E-state index contributed by atoms with van der Waals surface area (Å²) in [6, 6.07) is 0. The van der Waals surface area contributed by atoms with Gasteiger partial charge in [-0.15, -0.1) is 0 Å². The first-order chi connectivity index (χ1) is 18.0. The summed E-state index contributed by atoms with van der Waals surface area (Å²) in [7, 11) is 1.64. The minimum absolute atomic E-state index is 0.143. The SMILES string of the molecule is CO[C@@H]1C[C@H](O[C@@H]2C[C@H]3CC[C@@H]4[C@H](CC[C@]5(C)[C@@H](C6=CC(=O)OC6)CC[C@]45O)[C@@]3(C)[C@H](C)C2)O[C@H](C)[C@@H]1O. The largest absolute Gasteiger partial charge is 0.458 e. The molecule has 13 atom stereocenters. The van der Waals surface area contributed by atoms with Crippen LogP contribution >= 0.6 is 0 Å². The van der Waals surface area contributed by atoms with Crippen LogP contribution in [0.3, 0.4) is 0 Å². The molecule has 0 bridgehead atoms. The summed E-state index contributed by atoms with van der Waals surface area (Å²) in [5, 5.41) is 22.8. The molecule has 2 aliphatic heterocycles. The Kier molecular flexibility index (Phi) is 6.83. The zero-order valence-corrected chi connectivity index (χ0v) is 23.9. The number of hydrogen-bond donors (Lipinski definition) is 2. The Bertz CT molecular complexity index is 966. The van der Waals surface area contributed by atoms with E-state index in [1.807, 2.05) is 6.92 Å². The summed E-state index contributed by atoms with van der Waals surface area (Å²) >= 11 is 0. The monoisotopic (exact) mass is 532 g/mol. The molecule has 0 radical (unpaired) electrons. The van der Waals surface area contributed by atoms with Crippen LogP contribution in [0.2, 0.25) is 0 Å². The first-order valence-electron chi connectivity index (χ1n) is 15.1. The van der Waals surface area contributed by atoms with E-state index in [1.54, 1.807) is 13.2 Å². The van der Waals surface area contributed by atoms with E-state index in [1.165, 1.54) is 0 Å². The second kappa shape index (κ2) is 9.54. The van der Waals surface area contributed by atoms with Crippen molar-refractivity contribution in [3.63, 3.8) is 0 Å². The summed E-state index contributed by atoms with van der Waals surface area (Å²) in [4.78, 5) is 11.8. The molecule has 6 aliphatic rings. The fraction of sp³-hybridized carbons (Fsp3) is 0.903. The van der Waals surface area contributed by atoms with Crippen LogP contribution in [-0.2, 0) is 23.7 Å². The molecule has 4 saturated carbocycles. The molecule has 1 saturated heterocycles. The first kappa shape index (κ1) is 27.2. The molecule has 5 fully saturated rings. The minimum Gasteiger partial charge on any atom is -0.458 e. The van der Waals surface area contributed by atoms with Crippen molar-refractivity contribution >= 4 is 5.97 Å². The van der Waals surface area contributed by atoms with Crippen LogP contribution < -0.4 is 0 Å². The molecule has 0 unspecified atom stereocenters. The highest BCUT2D eigenvalue weighted by molar-refractivity contribution is 5.85. The van der Waals surface area contributed by atoms with E-state index in [0.717, 1.165) is 56.9 Å². The van der Waals surface area contributed by atoms with Gasteiger partial charge in [0.2, 0.25) is 0 Å². The zero-order valence-electron chi connectivity index (χ0n) is 23.9. The second-order valence-electron chi connectivity index (χ2n) is 14.1. The molecular weight excluding hydrogens is 484 g/mol. The Morgan fingerprint density at radius 1 is 1.03 bits per heavy atom. The molecule has 38 heavy (non-hydrogen) atoms. The number of cyclic esters (lactones) is 1. The smallest absolute Gasteiger partial charge is 0.331 e. The summed E-state index contributed by atoms with van der Waals surface area (Å²) in [5.74, 6) is 1.87. The lowest BCUT2D eigenvalue weighted by Crippen LogP contribution is -2.64. The first-order valence-corrected chi connectivity index (χ1v) is 15.1. The maximum Gasteiger partial charge on any atom is 0.331 e. The lowest BCUT2D eigenvalue weighted by atomic mass is 9.41. The number of hydrogen-bond acceptors (Lipinski definition) is 7. The van der Waals surface area contributed by atoms with Gasteiger partial charge in [-0.1, -0.05) is 20.8 Å². The number of aliphatic hydroxyl groups excluding tert-OH is 1. The van der Waals surface area contributed by atoms with Crippen molar-refractivity contribution < 1.29 is 34.0 Å². The second-order valence-corrected chi connectivity index (χ2v) is 14.1. The van der Waals surface area contributed by atoms with Crippen LogP contribution in [-0.4, -0.2) is 66.2 Å². The van der Waals surface area contributed by atoms with E-state index in [9.17, 15) is 15.0 Å². The van der Waals surface area contributed by atoms with Crippen molar-refractivity contribution in [2.45, 2.75) is 122 Å². The van der Waals surface area contributed by atoms with Gasteiger partial charge in [-0.05, 0) is 98.9 Å². The molecular formula is C31H48O7. The number of ether oxygens (including phenoxy) is 4. The topological polar surface area (TPSA) is 94.5 Å². The van der Waals surface area contributed by atoms with Gasteiger partial charge < -0.3 is 29.2 Å². The van der Waals surface area contributed by atoms with Crippen LogP contribution in [0.25, 0.3) is 0 Å². The molecule has 2 N–H and O–H groups in total. The number of esters is 1. The lowest BCUT2D eigenvalue weighted by molar-refractivity contribution is -0.278. The van der Waals surface area contributed by atoms with Crippen LogP contribution in [0.5, 0.6) is 0 Å². The van der Waals surface area contributed by atoms with Crippen molar-refractivity contribution in [3.05, 3.63) is 11.6 Å². The maximum absolute atomic E-state index is 12.5. The molecule has 0 aromatic carbocycles. The van der Waals surface area contributed by atoms with Crippen LogP contribution in [0.4, 0.5) is 0 Å². The third kappa shape index (κ3) is 3.89. The number of methoxy groups -OCH3 is 1. The number of aliphatic hydroxyl groups is 2. The quantitative estimate of drug-likeness (QED) is 0.410. The Morgan fingerprint density at radius 2 is 1.82 bits per heavy atom. The maximum atomic E-state index is 12.5. The fourth-order valence-electron chi connectivity index (χ4n) is 10.5. The van der Waals surface area contributed by atoms with Gasteiger partial charge in [-0.25, -0.2) is 4.79 Å². The number of carbonyl (C=O) groups is 1. The summed E-state index contributed by atoms with van der Waals surface area (Å²) < 4.78 is 23.4. The van der Waals surface area contributed by atoms with E-state index in [-0.39, 0.29) is 47.3 Å². The third-order valence-electron chi connectivity index (χ3n) is 12.8. The van der Waals surface area contributed by atoms with Crippen LogP contribution in [0.1, 0.15) is 85.5 Å². The Morgan fingerprint density at radius 3 is 2.53 bits per heavy atom. The molecule has 6 rings (SSSR count). The van der Waals surface area contributed by atoms with Crippen LogP contribution in [0, 0.1) is 40.4 Å². The molecule has 0 amide bonds. The van der Waals surface area contributed by atoms with E-state index in [0.29, 0.717) is 36.7 Å². The molecule has 214 valence electrons. The van der Waals surface area contributed by atoms with Crippen molar-refractivity contribution in [1.29, 1.82) is 0 Å². The van der Waals surface area contributed by atoms with E-state index in [2.05, 4.69) is 20.8 Å². The van der Waals surface area contributed by atoms with Gasteiger partial charge >= 0.3 is 5.97 Å². The predicted octanol–water partition coefficient (Wildman–Crippen LogP) is 4.39. The molecule has 7 heteroatoms. The van der Waals surface area contributed by atoms with Crippen molar-refractivity contribution in [3.8, 4) is 0 Å². The van der Waals surface area contributed by atoms with Crippen LogP contribution in [0.15, 0.2) is 11.6 Å². The molecule has 7 nitrogen and oxygen atoms in total. The van der Waals surface area contributed by atoms with Gasteiger partial charge in [-0.3, -0.25) is 0 Å². The highest BCUT2D eigenvalue weighted by Gasteiger charge is 2.68. The Hall–Kier alpha value is -0.990. The molecule has 0 spiro atoms. The summed E-state index contributed by atoms with van der Waals surface area (Å²) in [6.07, 6.45) is 8.98. The standard InChI is InChI=1S/C31H48O7/c1-17-12-21(38-27-15-25(35-5)28(33)18(2)37-27)14-20-6-7-24-23(30(17,20)4)8-10-29(3)22(9-11-31(24,29)34)19-13-26(32)36-16-19/h13,17-18,20-25,27-28,33-34H,6-12,14-16H2,1-5H3/t17-,18-,20-,21+,22-,23+,24-,25-,27+,28+,29-,30+,31+/m1/s1. The predicted molar refractivity (Wildman–Crippen MR) is 141 cm³/mol. The summed E-state index contributed by atoms with van der Waals surface area (Å²) in [6.45, 7) is 9.49. The number of rotatable bonds is 4. The Labute approximate surface area is 227 Å². The minimum atomic E-state index is -0.684. The van der Waals surface area contributed by atoms with E-state index >= 15 is 0 Å². The molecule has 0 aromatic rings. The highest BCUT2D eigenvalue weighted by atomic mass is 16.7. The van der Waals surface area contributed by atoms with Gasteiger partial charge in [0.1, 0.15) is 12.7 Å². The van der Waals surface area contributed by atoms with Gasteiger partial charge in [0.25, 0.3) is 0 Å². The van der Waals surface area contributed by atoms with Crippen molar-refractivity contribution in [2.24, 2.45) is 40.4 Å². The lowest BCUT2D eigenvalue weighted by Gasteiger charge is -2.65. The molecule has 4 aliphatic carbocycles.